The number of nitrogens with one attached hydrogen (secondary N) is 1. The number of nitrogens with two attached hydrogens (primary N) is 1. The molecule has 0 saturated carbocycles. The predicted molar refractivity (Wildman–Crippen MR) is 58.6 cm³/mol. The van der Waals surface area contributed by atoms with Crippen molar-refractivity contribution in [3.63, 3.8) is 0 Å². The summed E-state index contributed by atoms with van der Waals surface area (Å²) in [5.41, 5.74) is 8.36. The molecule has 0 aromatic rings. The van der Waals surface area contributed by atoms with Crippen molar-refractivity contribution in [2.75, 3.05) is 19.6 Å². The molecule has 0 atom stereocenters. The number of carbonyl (C=O) groups is 1. The zero-order valence-electron chi connectivity index (χ0n) is 9.38. The van der Waals surface area contributed by atoms with Crippen LogP contribution in [0.25, 0.3) is 0 Å². The van der Waals surface area contributed by atoms with Crippen LogP contribution in [0.1, 0.15) is 39.5 Å². The van der Waals surface area contributed by atoms with Gasteiger partial charge in [0.2, 0.25) is 5.91 Å². The minimum Gasteiger partial charge on any atom is -0.329 e. The van der Waals surface area contributed by atoms with Gasteiger partial charge in [-0.05, 0) is 13.3 Å². The molecule has 4 heteroatoms. The molecule has 0 fully saturated rings. The summed E-state index contributed by atoms with van der Waals surface area (Å²) in [6, 6.07) is 0. The fourth-order valence-electron chi connectivity index (χ4n) is 1.24. The van der Waals surface area contributed by atoms with Gasteiger partial charge >= 0.3 is 0 Å². The first-order valence-corrected chi connectivity index (χ1v) is 5.50. The third kappa shape index (κ3) is 5.94. The van der Waals surface area contributed by atoms with Crippen LogP contribution >= 0.6 is 0 Å². The quantitative estimate of drug-likeness (QED) is 0.453. The molecule has 84 valence electrons. The summed E-state index contributed by atoms with van der Waals surface area (Å²) in [6.07, 6.45) is 3.89. The highest BCUT2D eigenvalue weighted by molar-refractivity contribution is 5.75. The maximum absolute atomic E-state index is 11.6. The Kier molecular flexibility index (Phi) is 8.57. The third-order valence-corrected chi connectivity index (χ3v) is 2.06. The Morgan fingerprint density at radius 2 is 2.07 bits per heavy atom. The molecular weight excluding hydrogens is 178 g/mol. The predicted octanol–water partition coefficient (Wildman–Crippen LogP) is 0.879. The van der Waals surface area contributed by atoms with E-state index in [1.165, 1.54) is 0 Å². The van der Waals surface area contributed by atoms with Crippen LogP contribution in [0, 0.1) is 0 Å². The third-order valence-electron chi connectivity index (χ3n) is 2.06. The van der Waals surface area contributed by atoms with Crippen molar-refractivity contribution < 1.29 is 4.79 Å². The number of amides is 1. The number of rotatable bonds is 8. The van der Waals surface area contributed by atoms with E-state index >= 15 is 0 Å². The average Bonchev–Trinajstić information content (AvgIpc) is 2.19. The zero-order valence-corrected chi connectivity index (χ0v) is 9.38. The molecule has 0 aromatic carbocycles. The highest BCUT2D eigenvalue weighted by atomic mass is 16.2. The van der Waals surface area contributed by atoms with Crippen molar-refractivity contribution in [2.45, 2.75) is 39.5 Å². The number of hydrogen-bond acceptors (Lipinski definition) is 3. The van der Waals surface area contributed by atoms with Crippen LogP contribution in [0.5, 0.6) is 0 Å². The van der Waals surface area contributed by atoms with Gasteiger partial charge < -0.3 is 5.73 Å². The number of nitrogens with zero attached hydrogens (tertiary/aromatic N) is 1. The van der Waals surface area contributed by atoms with E-state index in [2.05, 4.69) is 12.3 Å². The van der Waals surface area contributed by atoms with Gasteiger partial charge in [0.15, 0.2) is 0 Å². The minimum absolute atomic E-state index is 0.175. The lowest BCUT2D eigenvalue weighted by Crippen LogP contribution is -2.44. The highest BCUT2D eigenvalue weighted by Crippen LogP contribution is 2.01. The molecule has 0 aromatic heterocycles. The summed E-state index contributed by atoms with van der Waals surface area (Å²) in [7, 11) is 0. The Labute approximate surface area is 86.8 Å². The van der Waals surface area contributed by atoms with Crippen molar-refractivity contribution in [1.82, 2.24) is 10.4 Å². The van der Waals surface area contributed by atoms with Crippen LogP contribution in [0.4, 0.5) is 0 Å². The average molecular weight is 201 g/mol. The Hall–Kier alpha value is -0.610. The number of hydrazine groups is 1. The summed E-state index contributed by atoms with van der Waals surface area (Å²) < 4.78 is 0. The maximum atomic E-state index is 11.6. The van der Waals surface area contributed by atoms with E-state index in [9.17, 15) is 4.79 Å². The molecule has 0 radical (unpaired) electrons. The number of carbonyl (C=O) groups excluding carboxylic acids is 1. The Morgan fingerprint density at radius 1 is 1.36 bits per heavy atom. The van der Waals surface area contributed by atoms with Crippen molar-refractivity contribution >= 4 is 5.91 Å². The second kappa shape index (κ2) is 8.97. The molecule has 0 saturated heterocycles. The van der Waals surface area contributed by atoms with E-state index in [1.807, 2.05) is 6.92 Å². The molecule has 0 bridgehead atoms. The summed E-state index contributed by atoms with van der Waals surface area (Å²) in [6.45, 7) is 6.01. The van der Waals surface area contributed by atoms with E-state index in [4.69, 9.17) is 5.73 Å². The van der Waals surface area contributed by atoms with Crippen molar-refractivity contribution in [3.8, 4) is 0 Å². The first-order chi connectivity index (χ1) is 6.76. The number of hydrogen-bond donors (Lipinski definition) is 2. The Bertz CT molecular complexity index is 150. The standard InChI is InChI=1S/C10H23N3O/c1-3-5-6-7-10(14)13(4-2)12-9-8-11/h12H,3-9,11H2,1-2H3. The molecule has 3 N–H and O–H groups in total. The normalized spacial score (nSPS) is 10.2. The first-order valence-electron chi connectivity index (χ1n) is 5.50. The molecule has 0 spiro atoms. The van der Waals surface area contributed by atoms with Gasteiger partial charge in [0.25, 0.3) is 0 Å². The molecule has 4 nitrogen and oxygen atoms in total. The molecule has 0 heterocycles. The molecule has 0 unspecified atom stereocenters. The van der Waals surface area contributed by atoms with E-state index in [-0.39, 0.29) is 5.91 Å². The second-order valence-corrected chi connectivity index (χ2v) is 3.29. The molecule has 0 aliphatic rings. The van der Waals surface area contributed by atoms with Crippen LogP contribution in [-0.4, -0.2) is 30.6 Å². The first kappa shape index (κ1) is 13.4. The van der Waals surface area contributed by atoms with Crippen LogP contribution in [0.3, 0.4) is 0 Å². The van der Waals surface area contributed by atoms with Gasteiger partial charge in [-0.3, -0.25) is 9.80 Å². The van der Waals surface area contributed by atoms with Gasteiger partial charge in [0, 0.05) is 26.1 Å². The Balaban J connectivity index is 3.67. The minimum atomic E-state index is 0.175. The van der Waals surface area contributed by atoms with Crippen LogP contribution in [0.2, 0.25) is 0 Å². The van der Waals surface area contributed by atoms with Crippen LogP contribution in [0.15, 0.2) is 0 Å². The molecule has 0 aliphatic carbocycles. The fraction of sp³-hybridized carbons (Fsp3) is 0.900. The summed E-state index contributed by atoms with van der Waals surface area (Å²) in [5.74, 6) is 0.175. The van der Waals surface area contributed by atoms with Gasteiger partial charge in [-0.15, -0.1) is 0 Å². The van der Waals surface area contributed by atoms with Gasteiger partial charge in [-0.2, -0.15) is 0 Å². The van der Waals surface area contributed by atoms with Gasteiger partial charge in [-0.25, -0.2) is 5.43 Å². The van der Waals surface area contributed by atoms with Crippen molar-refractivity contribution in [1.29, 1.82) is 0 Å². The van der Waals surface area contributed by atoms with Crippen molar-refractivity contribution in [2.24, 2.45) is 5.73 Å². The van der Waals surface area contributed by atoms with Gasteiger partial charge in [0.1, 0.15) is 0 Å². The van der Waals surface area contributed by atoms with Crippen LogP contribution < -0.4 is 11.2 Å². The monoisotopic (exact) mass is 201 g/mol. The molecular formula is C10H23N3O. The number of unbranched alkanes of at least 4 members (excludes halogenated alkanes) is 2. The van der Waals surface area contributed by atoms with E-state index in [1.54, 1.807) is 5.01 Å². The fourth-order valence-corrected chi connectivity index (χ4v) is 1.24. The highest BCUT2D eigenvalue weighted by Gasteiger charge is 2.09. The second-order valence-electron chi connectivity index (χ2n) is 3.29. The van der Waals surface area contributed by atoms with Crippen LogP contribution in [-0.2, 0) is 4.79 Å². The zero-order chi connectivity index (χ0) is 10.8. The van der Waals surface area contributed by atoms with Crippen molar-refractivity contribution in [3.05, 3.63) is 0 Å². The molecule has 14 heavy (non-hydrogen) atoms. The lowest BCUT2D eigenvalue weighted by atomic mass is 10.2. The lowest BCUT2D eigenvalue weighted by Gasteiger charge is -2.21. The molecule has 0 aliphatic heterocycles. The largest absolute Gasteiger partial charge is 0.329 e. The molecule has 1 amide bonds. The van der Waals surface area contributed by atoms with E-state index in [0.717, 1.165) is 19.3 Å². The van der Waals surface area contributed by atoms with Gasteiger partial charge in [0.05, 0.1) is 0 Å². The lowest BCUT2D eigenvalue weighted by molar-refractivity contribution is -0.134. The summed E-state index contributed by atoms with van der Waals surface area (Å²) in [5, 5.41) is 1.66. The molecule has 0 rings (SSSR count). The van der Waals surface area contributed by atoms with E-state index in [0.29, 0.717) is 26.1 Å². The smallest absolute Gasteiger partial charge is 0.236 e. The van der Waals surface area contributed by atoms with E-state index < -0.39 is 0 Å². The maximum Gasteiger partial charge on any atom is 0.236 e. The Morgan fingerprint density at radius 3 is 2.57 bits per heavy atom. The van der Waals surface area contributed by atoms with Gasteiger partial charge in [-0.1, -0.05) is 19.8 Å². The summed E-state index contributed by atoms with van der Waals surface area (Å²) >= 11 is 0. The summed E-state index contributed by atoms with van der Waals surface area (Å²) in [4.78, 5) is 11.6. The SMILES string of the molecule is CCCCCC(=O)N(CC)NCCN. The topological polar surface area (TPSA) is 58.4 Å².